The third-order valence-corrected chi connectivity index (χ3v) is 9.07. The van der Waals surface area contributed by atoms with Gasteiger partial charge in [0.25, 0.3) is 0 Å². The number of esters is 3. The number of carbonyl (C=O) groups is 3. The van der Waals surface area contributed by atoms with Crippen molar-refractivity contribution in [3.63, 3.8) is 0 Å². The van der Waals surface area contributed by atoms with Crippen LogP contribution in [0.25, 0.3) is 0 Å². The Morgan fingerprint density at radius 2 is 0.759 bits per heavy atom. The minimum Gasteiger partial charge on any atom is -0.462 e. The van der Waals surface area contributed by atoms with E-state index in [9.17, 15) is 14.4 Å². The highest BCUT2D eigenvalue weighted by Crippen LogP contribution is 2.13. The molecule has 0 N–H and O–H groups in total. The highest BCUT2D eigenvalue weighted by Gasteiger charge is 2.19. The molecule has 0 heterocycles. The van der Waals surface area contributed by atoms with Gasteiger partial charge in [0.1, 0.15) is 13.2 Å². The first-order chi connectivity index (χ1) is 26.5. The average molecular weight is 753 g/mol. The Morgan fingerprint density at radius 3 is 1.28 bits per heavy atom. The van der Waals surface area contributed by atoms with Crippen molar-refractivity contribution >= 4 is 17.9 Å². The van der Waals surface area contributed by atoms with E-state index in [2.05, 4.69) is 39.0 Å². The summed E-state index contributed by atoms with van der Waals surface area (Å²) in [6.07, 6.45) is 51.7. The van der Waals surface area contributed by atoms with Crippen molar-refractivity contribution in [1.82, 2.24) is 0 Å². The molecule has 0 saturated heterocycles. The summed E-state index contributed by atoms with van der Waals surface area (Å²) in [5, 5.41) is 0. The molecular weight excluding hydrogens is 673 g/mol. The molecule has 1 unspecified atom stereocenters. The second kappa shape index (κ2) is 42.6. The first-order valence-electron chi connectivity index (χ1n) is 22.0. The summed E-state index contributed by atoms with van der Waals surface area (Å²) in [6, 6.07) is 0. The van der Waals surface area contributed by atoms with Crippen LogP contribution in [-0.4, -0.2) is 37.2 Å². The Morgan fingerprint density at radius 1 is 0.389 bits per heavy atom. The zero-order valence-corrected chi connectivity index (χ0v) is 35.0. The van der Waals surface area contributed by atoms with Crippen LogP contribution in [0.1, 0.15) is 194 Å². The van der Waals surface area contributed by atoms with Crippen molar-refractivity contribution in [3.8, 4) is 0 Å². The summed E-state index contributed by atoms with van der Waals surface area (Å²) in [6.45, 7) is 6.36. The first kappa shape index (κ1) is 50.9. The van der Waals surface area contributed by atoms with Gasteiger partial charge in [-0.1, -0.05) is 190 Å². The fourth-order valence-corrected chi connectivity index (χ4v) is 5.76. The molecule has 0 bridgehead atoms. The smallest absolute Gasteiger partial charge is 0.306 e. The van der Waals surface area contributed by atoms with Crippen molar-refractivity contribution in [3.05, 3.63) is 72.9 Å². The second-order valence-corrected chi connectivity index (χ2v) is 14.3. The summed E-state index contributed by atoms with van der Waals surface area (Å²) in [7, 11) is 0. The van der Waals surface area contributed by atoms with Crippen molar-refractivity contribution in [2.24, 2.45) is 0 Å². The van der Waals surface area contributed by atoms with Crippen LogP contribution < -0.4 is 0 Å². The Labute approximate surface area is 332 Å². The lowest BCUT2D eigenvalue weighted by atomic mass is 10.1. The maximum absolute atomic E-state index is 12.7. The first-order valence-corrected chi connectivity index (χ1v) is 22.0. The van der Waals surface area contributed by atoms with E-state index in [0.717, 1.165) is 64.2 Å². The standard InChI is InChI=1S/C48H80O6/c1-4-7-10-13-16-19-22-24-27-29-32-35-38-41-47(50)53-44-45(43-52-46(49)40-37-34-31-28-25-21-18-15-12-9-6-3)54-48(51)42-39-36-33-30-26-23-20-17-14-11-8-5-2/h7,10,13,16-17,19-20,22,24,27,29,32,45H,4-6,8-9,11-12,14-15,18,21,23,25-26,28,30-31,33-44H2,1-3H3/b10-7-,16-13-,20-17-,22-19-,27-24-,32-29-. The number of hydrogen-bond donors (Lipinski definition) is 0. The number of carbonyl (C=O) groups excluding carboxylic acids is 3. The molecule has 54 heavy (non-hydrogen) atoms. The predicted octanol–water partition coefficient (Wildman–Crippen LogP) is 13.9. The van der Waals surface area contributed by atoms with Crippen LogP contribution in [-0.2, 0) is 28.6 Å². The van der Waals surface area contributed by atoms with Crippen molar-refractivity contribution in [2.45, 2.75) is 200 Å². The fraction of sp³-hybridized carbons (Fsp3) is 0.688. The third kappa shape index (κ3) is 40.0. The van der Waals surface area contributed by atoms with Crippen LogP contribution in [0, 0.1) is 0 Å². The summed E-state index contributed by atoms with van der Waals surface area (Å²) in [4.78, 5) is 37.6. The molecule has 0 aromatic carbocycles. The molecule has 0 rings (SSSR count). The molecule has 1 atom stereocenters. The number of hydrogen-bond acceptors (Lipinski definition) is 6. The number of unbranched alkanes of at least 4 members (excludes halogenated alkanes) is 19. The summed E-state index contributed by atoms with van der Waals surface area (Å²) in [5.74, 6) is -0.995. The SMILES string of the molecule is CC\C=C/C=C\C=C/C=C\C=C/CCCC(=O)OCC(COC(=O)CCCCCCCCCCCCC)OC(=O)CCCCCCC/C=C\CCCCC. The number of rotatable bonds is 38. The Balaban J connectivity index is 4.52. The van der Waals surface area contributed by atoms with Gasteiger partial charge >= 0.3 is 17.9 Å². The molecule has 0 aliphatic rings. The van der Waals surface area contributed by atoms with Gasteiger partial charge in [-0.3, -0.25) is 14.4 Å². The van der Waals surface area contributed by atoms with Gasteiger partial charge in [-0.05, 0) is 57.8 Å². The van der Waals surface area contributed by atoms with Gasteiger partial charge in [-0.2, -0.15) is 0 Å². The largest absolute Gasteiger partial charge is 0.462 e. The summed E-state index contributed by atoms with van der Waals surface area (Å²) in [5.41, 5.74) is 0. The molecule has 0 aromatic heterocycles. The third-order valence-electron chi connectivity index (χ3n) is 9.07. The van der Waals surface area contributed by atoms with Crippen LogP contribution in [0.5, 0.6) is 0 Å². The molecule has 0 aliphatic heterocycles. The van der Waals surface area contributed by atoms with E-state index in [-0.39, 0.29) is 37.5 Å². The van der Waals surface area contributed by atoms with Gasteiger partial charge in [0.2, 0.25) is 0 Å². The van der Waals surface area contributed by atoms with E-state index in [0.29, 0.717) is 19.3 Å². The molecule has 0 aromatic rings. The molecule has 0 amide bonds. The van der Waals surface area contributed by atoms with E-state index in [1.165, 1.54) is 83.5 Å². The zero-order valence-electron chi connectivity index (χ0n) is 35.0. The van der Waals surface area contributed by atoms with Crippen LogP contribution in [0.15, 0.2) is 72.9 Å². The van der Waals surface area contributed by atoms with Crippen LogP contribution in [0.4, 0.5) is 0 Å². The van der Waals surface area contributed by atoms with Crippen molar-refractivity contribution in [2.75, 3.05) is 13.2 Å². The second-order valence-electron chi connectivity index (χ2n) is 14.3. The van der Waals surface area contributed by atoms with E-state index < -0.39 is 6.10 Å². The topological polar surface area (TPSA) is 78.9 Å². The molecule has 0 spiro atoms. The maximum Gasteiger partial charge on any atom is 0.306 e. The molecule has 0 radical (unpaired) electrons. The maximum atomic E-state index is 12.7. The van der Waals surface area contributed by atoms with Crippen LogP contribution in [0.2, 0.25) is 0 Å². The molecule has 6 nitrogen and oxygen atoms in total. The van der Waals surface area contributed by atoms with E-state index in [1.807, 2.05) is 54.7 Å². The highest BCUT2D eigenvalue weighted by atomic mass is 16.6. The fourth-order valence-electron chi connectivity index (χ4n) is 5.76. The van der Waals surface area contributed by atoms with Crippen LogP contribution in [0.3, 0.4) is 0 Å². The van der Waals surface area contributed by atoms with E-state index in [4.69, 9.17) is 14.2 Å². The van der Waals surface area contributed by atoms with Gasteiger partial charge in [0.05, 0.1) is 0 Å². The summed E-state index contributed by atoms with van der Waals surface area (Å²) < 4.78 is 16.6. The van der Waals surface area contributed by atoms with Gasteiger partial charge < -0.3 is 14.2 Å². The van der Waals surface area contributed by atoms with Crippen molar-refractivity contribution in [1.29, 1.82) is 0 Å². The van der Waals surface area contributed by atoms with Gasteiger partial charge in [0.15, 0.2) is 6.10 Å². The molecule has 6 heteroatoms. The number of ether oxygens (including phenoxy) is 3. The quantitative estimate of drug-likeness (QED) is 0.0205. The Bertz CT molecular complexity index is 1050. The summed E-state index contributed by atoms with van der Waals surface area (Å²) >= 11 is 0. The molecule has 308 valence electrons. The van der Waals surface area contributed by atoms with Crippen molar-refractivity contribution < 1.29 is 28.6 Å². The lowest BCUT2D eigenvalue weighted by Gasteiger charge is -2.18. The normalized spacial score (nSPS) is 12.7. The van der Waals surface area contributed by atoms with E-state index >= 15 is 0 Å². The van der Waals surface area contributed by atoms with Crippen LogP contribution >= 0.6 is 0 Å². The Kier molecular flexibility index (Phi) is 40.1. The van der Waals surface area contributed by atoms with Gasteiger partial charge in [-0.25, -0.2) is 0 Å². The molecule has 0 fully saturated rings. The predicted molar refractivity (Wildman–Crippen MR) is 228 cm³/mol. The average Bonchev–Trinajstić information content (AvgIpc) is 3.17. The number of allylic oxidation sites excluding steroid dienone is 12. The monoisotopic (exact) mass is 753 g/mol. The molecular formula is C48H80O6. The molecule has 0 saturated carbocycles. The minimum atomic E-state index is -0.803. The zero-order chi connectivity index (χ0) is 39.4. The van der Waals surface area contributed by atoms with Gasteiger partial charge in [-0.15, -0.1) is 0 Å². The van der Waals surface area contributed by atoms with Gasteiger partial charge in [0, 0.05) is 19.3 Å². The molecule has 0 aliphatic carbocycles. The minimum absolute atomic E-state index is 0.101. The lowest BCUT2D eigenvalue weighted by molar-refractivity contribution is -0.167. The van der Waals surface area contributed by atoms with E-state index in [1.54, 1.807) is 0 Å². The lowest BCUT2D eigenvalue weighted by Crippen LogP contribution is -2.30. The highest BCUT2D eigenvalue weighted by molar-refractivity contribution is 5.71. The Hall–Kier alpha value is -3.15.